The van der Waals surface area contributed by atoms with Crippen LogP contribution in [0.2, 0.25) is 0 Å². The molecule has 1 aromatic heterocycles. The third kappa shape index (κ3) is 3.56. The first-order valence-corrected chi connectivity index (χ1v) is 8.28. The fraction of sp³-hybridized carbons (Fsp3) is 0.300. The maximum Gasteiger partial charge on any atom is 0.335 e. The predicted octanol–water partition coefficient (Wildman–Crippen LogP) is 3.46. The molecule has 3 aromatic rings. The largest absolute Gasteiger partial charge is 0.478 e. The lowest BCUT2D eigenvalue weighted by Crippen LogP contribution is -2.16. The molecule has 5 heteroatoms. The standard InChI is InChI=1S/C20H23N3O2/c1-13-9-17-18(10-14(13)2)23(19(21-17)12-22(3)4)11-15-5-7-16(8-6-15)20(24)25/h5-10H,11-12H2,1-4H3,(H,24,25). The van der Waals surface area contributed by atoms with Crippen molar-refractivity contribution in [3.63, 3.8) is 0 Å². The first-order valence-electron chi connectivity index (χ1n) is 8.28. The van der Waals surface area contributed by atoms with Gasteiger partial charge in [-0.1, -0.05) is 12.1 Å². The summed E-state index contributed by atoms with van der Waals surface area (Å²) in [7, 11) is 4.06. The van der Waals surface area contributed by atoms with E-state index < -0.39 is 5.97 Å². The topological polar surface area (TPSA) is 58.4 Å². The van der Waals surface area contributed by atoms with Crippen molar-refractivity contribution in [1.82, 2.24) is 14.5 Å². The van der Waals surface area contributed by atoms with Gasteiger partial charge in [0.25, 0.3) is 0 Å². The Hall–Kier alpha value is -2.66. The summed E-state index contributed by atoms with van der Waals surface area (Å²) in [6.45, 7) is 5.63. The van der Waals surface area contributed by atoms with Gasteiger partial charge in [0.2, 0.25) is 0 Å². The fourth-order valence-corrected chi connectivity index (χ4v) is 2.95. The highest BCUT2D eigenvalue weighted by Gasteiger charge is 2.13. The molecule has 0 aliphatic rings. The van der Waals surface area contributed by atoms with Crippen molar-refractivity contribution < 1.29 is 9.90 Å². The van der Waals surface area contributed by atoms with Crippen molar-refractivity contribution in [2.75, 3.05) is 14.1 Å². The number of aromatic carboxylic acids is 1. The molecule has 25 heavy (non-hydrogen) atoms. The van der Waals surface area contributed by atoms with Gasteiger partial charge in [-0.3, -0.25) is 0 Å². The van der Waals surface area contributed by atoms with Crippen LogP contribution in [0.15, 0.2) is 36.4 Å². The first kappa shape index (κ1) is 17.2. The number of hydrogen-bond acceptors (Lipinski definition) is 3. The molecule has 5 nitrogen and oxygen atoms in total. The normalized spacial score (nSPS) is 11.4. The summed E-state index contributed by atoms with van der Waals surface area (Å²) in [6, 6.07) is 11.4. The molecule has 0 atom stereocenters. The number of carboxylic acid groups (broad SMARTS) is 1. The van der Waals surface area contributed by atoms with Crippen LogP contribution >= 0.6 is 0 Å². The molecule has 3 rings (SSSR count). The lowest BCUT2D eigenvalue weighted by atomic mass is 10.1. The predicted molar refractivity (Wildman–Crippen MR) is 99.1 cm³/mol. The van der Waals surface area contributed by atoms with Crippen LogP contribution in [-0.4, -0.2) is 39.6 Å². The van der Waals surface area contributed by atoms with Crippen molar-refractivity contribution in [2.45, 2.75) is 26.9 Å². The van der Waals surface area contributed by atoms with Gasteiger partial charge in [0.05, 0.1) is 23.1 Å². The minimum atomic E-state index is -0.904. The quantitative estimate of drug-likeness (QED) is 0.774. The molecular formula is C20H23N3O2. The van der Waals surface area contributed by atoms with Crippen LogP contribution in [-0.2, 0) is 13.1 Å². The number of aryl methyl sites for hydroxylation is 2. The van der Waals surface area contributed by atoms with E-state index in [0.717, 1.165) is 29.0 Å². The van der Waals surface area contributed by atoms with Crippen LogP contribution in [0, 0.1) is 13.8 Å². The molecule has 0 aliphatic heterocycles. The Kier molecular flexibility index (Phi) is 4.59. The van der Waals surface area contributed by atoms with Crippen molar-refractivity contribution in [3.05, 3.63) is 64.5 Å². The van der Waals surface area contributed by atoms with Crippen LogP contribution in [0.4, 0.5) is 0 Å². The molecule has 0 unspecified atom stereocenters. The molecule has 0 saturated heterocycles. The molecule has 2 aromatic carbocycles. The zero-order chi connectivity index (χ0) is 18.1. The molecule has 0 saturated carbocycles. The van der Waals surface area contributed by atoms with Gasteiger partial charge in [-0.25, -0.2) is 9.78 Å². The highest BCUT2D eigenvalue weighted by Crippen LogP contribution is 2.23. The summed E-state index contributed by atoms with van der Waals surface area (Å²) in [4.78, 5) is 18.0. The van der Waals surface area contributed by atoms with Gasteiger partial charge >= 0.3 is 5.97 Å². The van der Waals surface area contributed by atoms with Gasteiger partial charge in [0.15, 0.2) is 0 Å². The summed E-state index contributed by atoms with van der Waals surface area (Å²) >= 11 is 0. The number of aromatic nitrogens is 2. The number of hydrogen-bond donors (Lipinski definition) is 1. The number of carboxylic acids is 1. The van der Waals surface area contributed by atoms with Gasteiger partial charge in [0, 0.05) is 6.54 Å². The van der Waals surface area contributed by atoms with Gasteiger partial charge < -0.3 is 14.6 Å². The molecule has 0 spiro atoms. The molecular weight excluding hydrogens is 314 g/mol. The Morgan fingerprint density at radius 3 is 2.36 bits per heavy atom. The van der Waals surface area contributed by atoms with Gasteiger partial charge in [-0.15, -0.1) is 0 Å². The minimum absolute atomic E-state index is 0.305. The summed E-state index contributed by atoms with van der Waals surface area (Å²) < 4.78 is 2.22. The lowest BCUT2D eigenvalue weighted by Gasteiger charge is -2.13. The molecule has 0 aliphatic carbocycles. The van der Waals surface area contributed by atoms with E-state index in [-0.39, 0.29) is 0 Å². The second-order valence-corrected chi connectivity index (χ2v) is 6.78. The average Bonchev–Trinajstić information content (AvgIpc) is 2.84. The number of imidazole rings is 1. The van der Waals surface area contributed by atoms with Crippen LogP contribution < -0.4 is 0 Å². The molecule has 0 fully saturated rings. The van der Waals surface area contributed by atoms with E-state index in [2.05, 4.69) is 35.4 Å². The van der Waals surface area contributed by atoms with Gasteiger partial charge in [0.1, 0.15) is 5.82 Å². The van der Waals surface area contributed by atoms with Crippen molar-refractivity contribution in [2.24, 2.45) is 0 Å². The summed E-state index contributed by atoms with van der Waals surface area (Å²) in [5.41, 5.74) is 5.96. The zero-order valence-corrected chi connectivity index (χ0v) is 15.1. The van der Waals surface area contributed by atoms with Gasteiger partial charge in [-0.05, 0) is 68.9 Å². The Labute approximate surface area is 147 Å². The van der Waals surface area contributed by atoms with Crippen molar-refractivity contribution in [3.8, 4) is 0 Å². The number of rotatable bonds is 5. The van der Waals surface area contributed by atoms with E-state index in [9.17, 15) is 4.79 Å². The smallest absolute Gasteiger partial charge is 0.335 e. The molecule has 1 heterocycles. The number of benzene rings is 2. The Bertz CT molecular complexity index is 924. The van der Waals surface area contributed by atoms with Gasteiger partial charge in [-0.2, -0.15) is 0 Å². The van der Waals surface area contributed by atoms with Crippen LogP contribution in [0.1, 0.15) is 32.9 Å². The maximum atomic E-state index is 11.0. The molecule has 130 valence electrons. The second kappa shape index (κ2) is 6.69. The van der Waals surface area contributed by atoms with E-state index in [1.165, 1.54) is 11.1 Å². The van der Waals surface area contributed by atoms with Crippen LogP contribution in [0.25, 0.3) is 11.0 Å². The summed E-state index contributed by atoms with van der Waals surface area (Å²) in [5.74, 6) is 0.103. The average molecular weight is 337 g/mol. The molecule has 0 amide bonds. The summed E-state index contributed by atoms with van der Waals surface area (Å²) in [5, 5.41) is 9.05. The fourth-order valence-electron chi connectivity index (χ4n) is 2.95. The number of carbonyl (C=O) groups is 1. The first-order chi connectivity index (χ1) is 11.8. The lowest BCUT2D eigenvalue weighted by molar-refractivity contribution is 0.0697. The Morgan fingerprint density at radius 2 is 1.76 bits per heavy atom. The van der Waals surface area contributed by atoms with Crippen molar-refractivity contribution in [1.29, 1.82) is 0 Å². The second-order valence-electron chi connectivity index (χ2n) is 6.78. The molecule has 1 N–H and O–H groups in total. The monoisotopic (exact) mass is 337 g/mol. The Morgan fingerprint density at radius 1 is 1.12 bits per heavy atom. The highest BCUT2D eigenvalue weighted by molar-refractivity contribution is 5.87. The van der Waals surface area contributed by atoms with E-state index in [4.69, 9.17) is 10.1 Å². The van der Waals surface area contributed by atoms with E-state index >= 15 is 0 Å². The third-order valence-corrected chi connectivity index (χ3v) is 4.44. The minimum Gasteiger partial charge on any atom is -0.478 e. The highest BCUT2D eigenvalue weighted by atomic mass is 16.4. The Balaban J connectivity index is 2.05. The molecule has 0 radical (unpaired) electrons. The van der Waals surface area contributed by atoms with E-state index in [1.807, 2.05) is 26.2 Å². The number of fused-ring (bicyclic) bond motifs is 1. The van der Waals surface area contributed by atoms with Crippen molar-refractivity contribution >= 4 is 17.0 Å². The van der Waals surface area contributed by atoms with Crippen LogP contribution in [0.5, 0.6) is 0 Å². The third-order valence-electron chi connectivity index (χ3n) is 4.44. The van der Waals surface area contributed by atoms with E-state index in [0.29, 0.717) is 12.1 Å². The number of nitrogens with zero attached hydrogens (tertiary/aromatic N) is 3. The maximum absolute atomic E-state index is 11.0. The molecule has 0 bridgehead atoms. The zero-order valence-electron chi connectivity index (χ0n) is 15.1. The van der Waals surface area contributed by atoms with Crippen LogP contribution in [0.3, 0.4) is 0 Å². The summed E-state index contributed by atoms with van der Waals surface area (Å²) in [6.07, 6.45) is 0. The van der Waals surface area contributed by atoms with E-state index in [1.54, 1.807) is 12.1 Å². The SMILES string of the molecule is Cc1cc2nc(CN(C)C)n(Cc3ccc(C(=O)O)cc3)c2cc1C.